The van der Waals surface area contributed by atoms with E-state index in [2.05, 4.69) is 0 Å². The molecule has 1 aliphatic rings. The Labute approximate surface area is 107 Å². The number of aliphatic hydroxyl groups is 2. The minimum absolute atomic E-state index is 0.0328. The molecule has 0 fully saturated rings. The fraction of sp³-hybridized carbons (Fsp3) is 0.143. The molecule has 3 rings (SSSR count). The summed E-state index contributed by atoms with van der Waals surface area (Å²) < 4.78 is 12.3. The molecule has 1 aliphatic heterocycles. The highest BCUT2D eigenvalue weighted by Gasteiger charge is 2.25. The zero-order chi connectivity index (χ0) is 12.7. The molecular formula is C14H12O3S. The number of benzene rings is 2. The number of hydrogen-bond donors (Lipinski definition) is 2. The summed E-state index contributed by atoms with van der Waals surface area (Å²) in [7, 11) is -1.16. The van der Waals surface area contributed by atoms with Crippen molar-refractivity contribution in [3.8, 4) is 11.1 Å². The van der Waals surface area contributed by atoms with Gasteiger partial charge in [0, 0.05) is 0 Å². The minimum Gasteiger partial charge on any atom is -0.392 e. The predicted octanol–water partition coefficient (Wildman–Crippen LogP) is 1.82. The van der Waals surface area contributed by atoms with E-state index in [0.717, 1.165) is 32.0 Å². The van der Waals surface area contributed by atoms with Crippen LogP contribution in [0, 0.1) is 0 Å². The van der Waals surface area contributed by atoms with Gasteiger partial charge in [-0.3, -0.25) is 0 Å². The van der Waals surface area contributed by atoms with Crippen molar-refractivity contribution in [3.05, 3.63) is 47.5 Å². The topological polar surface area (TPSA) is 57.5 Å². The van der Waals surface area contributed by atoms with Crippen LogP contribution in [0.3, 0.4) is 0 Å². The average molecular weight is 260 g/mol. The second-order valence-electron chi connectivity index (χ2n) is 4.25. The lowest BCUT2D eigenvalue weighted by atomic mass is 10.0. The van der Waals surface area contributed by atoms with Crippen molar-refractivity contribution >= 4 is 10.8 Å². The second kappa shape index (κ2) is 4.31. The third-order valence-electron chi connectivity index (χ3n) is 3.14. The molecule has 0 aliphatic carbocycles. The Morgan fingerprint density at radius 1 is 0.833 bits per heavy atom. The third-order valence-corrected chi connectivity index (χ3v) is 4.65. The van der Waals surface area contributed by atoms with Gasteiger partial charge in [-0.2, -0.15) is 0 Å². The summed E-state index contributed by atoms with van der Waals surface area (Å²) >= 11 is 0. The van der Waals surface area contributed by atoms with Gasteiger partial charge >= 0.3 is 0 Å². The van der Waals surface area contributed by atoms with Gasteiger partial charge in [-0.1, -0.05) is 12.1 Å². The first-order valence-electron chi connectivity index (χ1n) is 5.64. The quantitative estimate of drug-likeness (QED) is 0.739. The van der Waals surface area contributed by atoms with E-state index in [1.807, 2.05) is 12.1 Å². The Bertz CT molecular complexity index is 594. The first-order chi connectivity index (χ1) is 8.74. The highest BCUT2D eigenvalue weighted by molar-refractivity contribution is 7.85. The summed E-state index contributed by atoms with van der Waals surface area (Å²) in [5.41, 5.74) is 3.39. The lowest BCUT2D eigenvalue weighted by Crippen LogP contribution is -1.88. The van der Waals surface area contributed by atoms with Crippen LogP contribution in [0.25, 0.3) is 11.1 Å². The van der Waals surface area contributed by atoms with Gasteiger partial charge in [0.25, 0.3) is 0 Å². The molecule has 18 heavy (non-hydrogen) atoms. The van der Waals surface area contributed by atoms with Crippen molar-refractivity contribution in [1.29, 1.82) is 0 Å². The van der Waals surface area contributed by atoms with Crippen LogP contribution in [-0.2, 0) is 24.0 Å². The summed E-state index contributed by atoms with van der Waals surface area (Å²) in [4.78, 5) is 1.55. The van der Waals surface area contributed by atoms with Crippen molar-refractivity contribution in [2.45, 2.75) is 23.0 Å². The summed E-state index contributed by atoms with van der Waals surface area (Å²) in [5, 5.41) is 18.3. The maximum atomic E-state index is 12.3. The molecule has 0 spiro atoms. The highest BCUT2D eigenvalue weighted by atomic mass is 32.2. The number of fused-ring (bicyclic) bond motifs is 3. The Morgan fingerprint density at radius 2 is 1.28 bits per heavy atom. The molecule has 0 amide bonds. The maximum absolute atomic E-state index is 12.3. The molecule has 0 bridgehead atoms. The Kier molecular flexibility index (Phi) is 2.78. The van der Waals surface area contributed by atoms with Crippen LogP contribution in [0.5, 0.6) is 0 Å². The van der Waals surface area contributed by atoms with Crippen LogP contribution < -0.4 is 0 Å². The third kappa shape index (κ3) is 1.61. The van der Waals surface area contributed by atoms with E-state index < -0.39 is 10.8 Å². The van der Waals surface area contributed by atoms with Crippen LogP contribution in [0.4, 0.5) is 0 Å². The van der Waals surface area contributed by atoms with Gasteiger partial charge in [0.05, 0.1) is 33.8 Å². The van der Waals surface area contributed by atoms with Gasteiger partial charge in [0.1, 0.15) is 0 Å². The number of aliphatic hydroxyl groups excluding tert-OH is 2. The van der Waals surface area contributed by atoms with E-state index in [1.54, 1.807) is 24.3 Å². The Hall–Kier alpha value is -1.49. The monoisotopic (exact) mass is 260 g/mol. The van der Waals surface area contributed by atoms with Gasteiger partial charge in [-0.15, -0.1) is 0 Å². The van der Waals surface area contributed by atoms with Gasteiger partial charge in [0.2, 0.25) is 0 Å². The standard InChI is InChI=1S/C14H12O3S/c15-7-9-1-3-13-11(5-9)12-6-10(8-16)2-4-14(12)18(13)17/h1-6,15-16H,7-8H2. The minimum atomic E-state index is -1.16. The van der Waals surface area contributed by atoms with Crippen LogP contribution in [0.1, 0.15) is 11.1 Å². The molecular weight excluding hydrogens is 248 g/mol. The average Bonchev–Trinajstić information content (AvgIpc) is 2.71. The molecule has 92 valence electrons. The molecule has 0 saturated heterocycles. The van der Waals surface area contributed by atoms with E-state index in [4.69, 9.17) is 10.2 Å². The molecule has 2 aromatic carbocycles. The van der Waals surface area contributed by atoms with Crippen molar-refractivity contribution in [3.63, 3.8) is 0 Å². The second-order valence-corrected chi connectivity index (χ2v) is 5.66. The normalized spacial score (nSPS) is 13.4. The number of rotatable bonds is 2. The van der Waals surface area contributed by atoms with E-state index in [0.29, 0.717) is 0 Å². The van der Waals surface area contributed by atoms with E-state index in [1.165, 1.54) is 0 Å². The van der Waals surface area contributed by atoms with Gasteiger partial charge in [-0.25, -0.2) is 4.21 Å². The van der Waals surface area contributed by atoms with Crippen molar-refractivity contribution in [2.24, 2.45) is 0 Å². The molecule has 0 radical (unpaired) electrons. The summed E-state index contributed by atoms with van der Waals surface area (Å²) in [6.45, 7) is -0.0656. The van der Waals surface area contributed by atoms with E-state index in [9.17, 15) is 4.21 Å². The molecule has 0 saturated carbocycles. The number of hydrogen-bond acceptors (Lipinski definition) is 3. The zero-order valence-corrected chi connectivity index (χ0v) is 10.4. The highest BCUT2D eigenvalue weighted by Crippen LogP contribution is 2.41. The van der Waals surface area contributed by atoms with Gasteiger partial charge < -0.3 is 10.2 Å². The lowest BCUT2D eigenvalue weighted by molar-refractivity contribution is 0.281. The van der Waals surface area contributed by atoms with E-state index >= 15 is 0 Å². The maximum Gasteiger partial charge on any atom is 0.0862 e. The zero-order valence-electron chi connectivity index (χ0n) is 9.59. The summed E-state index contributed by atoms with van der Waals surface area (Å²) in [6.07, 6.45) is 0. The molecule has 1 heterocycles. The predicted molar refractivity (Wildman–Crippen MR) is 68.4 cm³/mol. The summed E-state index contributed by atoms with van der Waals surface area (Å²) in [6, 6.07) is 10.9. The van der Waals surface area contributed by atoms with Crippen molar-refractivity contribution in [2.75, 3.05) is 0 Å². The van der Waals surface area contributed by atoms with Crippen LogP contribution in [0.15, 0.2) is 46.2 Å². The van der Waals surface area contributed by atoms with Crippen LogP contribution >= 0.6 is 0 Å². The van der Waals surface area contributed by atoms with Gasteiger partial charge in [-0.05, 0) is 46.5 Å². The molecule has 0 aromatic heterocycles. The fourth-order valence-electron chi connectivity index (χ4n) is 2.21. The first kappa shape index (κ1) is 11.6. The molecule has 0 unspecified atom stereocenters. The molecule has 4 heteroatoms. The molecule has 2 aromatic rings. The molecule has 3 nitrogen and oxygen atoms in total. The van der Waals surface area contributed by atoms with Crippen LogP contribution in [-0.4, -0.2) is 14.4 Å². The largest absolute Gasteiger partial charge is 0.392 e. The first-order valence-corrected chi connectivity index (χ1v) is 6.79. The lowest BCUT2D eigenvalue weighted by Gasteiger charge is -2.03. The van der Waals surface area contributed by atoms with Crippen molar-refractivity contribution < 1.29 is 14.4 Å². The molecule has 0 atom stereocenters. The Balaban J connectivity index is 2.26. The molecule has 2 N–H and O–H groups in total. The van der Waals surface area contributed by atoms with Crippen LogP contribution in [0.2, 0.25) is 0 Å². The smallest absolute Gasteiger partial charge is 0.0862 e. The fourth-order valence-corrected chi connectivity index (χ4v) is 3.57. The SMILES string of the molecule is O=S1c2ccc(CO)cc2-c2cc(CO)ccc21. The Morgan fingerprint density at radius 3 is 1.67 bits per heavy atom. The van der Waals surface area contributed by atoms with Crippen molar-refractivity contribution in [1.82, 2.24) is 0 Å². The van der Waals surface area contributed by atoms with Gasteiger partial charge in [0.15, 0.2) is 0 Å². The summed E-state index contributed by atoms with van der Waals surface area (Å²) in [5.74, 6) is 0. The van der Waals surface area contributed by atoms with E-state index in [-0.39, 0.29) is 13.2 Å².